The van der Waals surface area contributed by atoms with E-state index in [1.807, 2.05) is 23.5 Å². The molecule has 0 heterocycles. The Kier molecular flexibility index (Phi) is 32.3. The average molecular weight is 566 g/mol. The van der Waals surface area contributed by atoms with Gasteiger partial charge in [0.1, 0.15) is 0 Å². The molecule has 132 valence electrons. The van der Waals surface area contributed by atoms with Crippen molar-refractivity contribution < 1.29 is 32.6 Å². The summed E-state index contributed by atoms with van der Waals surface area (Å²) in [6.07, 6.45) is 1.25. The van der Waals surface area contributed by atoms with Crippen molar-refractivity contribution in [2.75, 3.05) is 11.5 Å². The molecule has 0 aliphatic carbocycles. The SMILES string of the molecule is [C]=O.[C]=O.[C]=O.[Cl][Re].c1ccc(SCCCSc2ccccc2)cc1. The summed E-state index contributed by atoms with van der Waals surface area (Å²) in [5.74, 6) is 2.40. The number of carbonyl (C=O) groups excluding carboxylic acids is 3. The van der Waals surface area contributed by atoms with Crippen LogP contribution in [0, 0.1) is 0 Å². The van der Waals surface area contributed by atoms with Gasteiger partial charge < -0.3 is 0 Å². The van der Waals surface area contributed by atoms with E-state index in [-0.39, 0.29) is 0 Å². The van der Waals surface area contributed by atoms with E-state index in [0.29, 0.717) is 0 Å². The summed E-state index contributed by atoms with van der Waals surface area (Å²) in [5, 5.41) is 0. The summed E-state index contributed by atoms with van der Waals surface area (Å²) in [5.41, 5.74) is 0. The first-order valence-corrected chi connectivity index (χ1v) is 11.9. The molecular weight excluding hydrogens is 550 g/mol. The Labute approximate surface area is 173 Å². The van der Waals surface area contributed by atoms with Gasteiger partial charge in [-0.2, -0.15) is 0 Å². The van der Waals surface area contributed by atoms with Crippen LogP contribution < -0.4 is 0 Å². The third-order valence-corrected chi connectivity index (χ3v) is 4.51. The third-order valence-electron chi connectivity index (χ3n) is 2.31. The van der Waals surface area contributed by atoms with Crippen molar-refractivity contribution in [3.8, 4) is 0 Å². The topological polar surface area (TPSA) is 51.2 Å². The van der Waals surface area contributed by atoms with E-state index < -0.39 is 0 Å². The average Bonchev–Trinajstić information content (AvgIpc) is 2.75. The summed E-state index contributed by atoms with van der Waals surface area (Å²) in [4.78, 5) is 25.2. The molecule has 0 amide bonds. The molecule has 0 aromatic heterocycles. The molecule has 7 heteroatoms. The van der Waals surface area contributed by atoms with Crippen LogP contribution in [0.15, 0.2) is 70.5 Å². The van der Waals surface area contributed by atoms with Crippen molar-refractivity contribution in [2.45, 2.75) is 16.2 Å². The maximum Gasteiger partial charge on any atom is 0.00719 e. The molecule has 0 N–H and O–H groups in total. The van der Waals surface area contributed by atoms with Gasteiger partial charge in [-0.25, -0.2) is 0 Å². The van der Waals surface area contributed by atoms with Gasteiger partial charge in [-0.1, -0.05) is 36.4 Å². The number of halogens is 1. The minimum absolute atomic E-state index is 1.19. The van der Waals surface area contributed by atoms with Gasteiger partial charge in [0.25, 0.3) is 20.4 Å². The van der Waals surface area contributed by atoms with Crippen LogP contribution in [0.5, 0.6) is 0 Å². The normalized spacial score (nSPS) is 7.76. The molecule has 2 aromatic rings. The van der Waals surface area contributed by atoms with Gasteiger partial charge in [0.15, 0.2) is 0 Å². The van der Waals surface area contributed by atoms with Crippen molar-refractivity contribution >= 4 is 53.4 Å². The second-order valence-electron chi connectivity index (χ2n) is 3.68. The molecule has 2 rings (SSSR count). The van der Waals surface area contributed by atoms with Crippen LogP contribution in [-0.4, -0.2) is 31.9 Å². The summed E-state index contributed by atoms with van der Waals surface area (Å²) < 4.78 is 0. The number of benzene rings is 2. The molecule has 0 unspecified atom stereocenters. The molecule has 3 nitrogen and oxygen atoms in total. The summed E-state index contributed by atoms with van der Waals surface area (Å²) >= 11 is 5.08. The second kappa shape index (κ2) is 27.9. The van der Waals surface area contributed by atoms with Crippen LogP contribution in [0.2, 0.25) is 0 Å². The maximum absolute atomic E-state index is 7.50. The summed E-state index contributed by atoms with van der Waals surface area (Å²) in [6.45, 7) is 13.5. The fourth-order valence-corrected chi connectivity index (χ4v) is 3.40. The minimum atomic E-state index is 1.19. The van der Waals surface area contributed by atoms with Gasteiger partial charge in [-0.05, 0) is 42.2 Å². The molecule has 0 fully saturated rings. The minimum Gasteiger partial charge on any atom is -0.126 e. The zero-order chi connectivity index (χ0) is 19.8. The van der Waals surface area contributed by atoms with Crippen molar-refractivity contribution in [1.29, 1.82) is 0 Å². The molecule has 25 heavy (non-hydrogen) atoms. The van der Waals surface area contributed by atoms with Crippen molar-refractivity contribution in [3.05, 3.63) is 60.7 Å². The fraction of sp³-hybridized carbons (Fsp3) is 0.167. The number of thioether (sulfide) groups is 2. The maximum atomic E-state index is 7.50. The van der Waals surface area contributed by atoms with Gasteiger partial charge in [-0.15, -0.1) is 23.5 Å². The first-order chi connectivity index (χ1) is 12.4. The van der Waals surface area contributed by atoms with E-state index in [1.165, 1.54) is 45.9 Å². The number of hydrogen-bond donors (Lipinski definition) is 0. The Bertz CT molecular complexity index is 432. The first-order valence-electron chi connectivity index (χ1n) is 6.56. The van der Waals surface area contributed by atoms with E-state index in [2.05, 4.69) is 81.0 Å². The summed E-state index contributed by atoms with van der Waals surface area (Å²) in [6, 6.07) is 21.2. The van der Waals surface area contributed by atoms with Crippen LogP contribution in [0.3, 0.4) is 0 Å². The molecule has 0 bridgehead atoms. The molecule has 0 atom stereocenters. The quantitative estimate of drug-likeness (QED) is 0.382. The van der Waals surface area contributed by atoms with E-state index in [0.717, 1.165) is 0 Å². The Morgan fingerprint density at radius 1 is 0.640 bits per heavy atom. The Morgan fingerprint density at radius 3 is 1.20 bits per heavy atom. The van der Waals surface area contributed by atoms with Gasteiger partial charge in [0, 0.05) is 9.79 Å². The van der Waals surface area contributed by atoms with E-state index in [4.69, 9.17) is 23.9 Å². The van der Waals surface area contributed by atoms with Crippen LogP contribution >= 0.6 is 33.1 Å². The van der Waals surface area contributed by atoms with Gasteiger partial charge in [-0.3, -0.25) is 14.4 Å². The van der Waals surface area contributed by atoms with E-state index >= 15 is 0 Å². The second-order valence-corrected chi connectivity index (χ2v) is 6.01. The molecule has 0 saturated heterocycles. The van der Waals surface area contributed by atoms with Crippen LogP contribution in [0.1, 0.15) is 6.42 Å². The molecule has 6 radical (unpaired) electrons. The Morgan fingerprint density at radius 2 is 0.920 bits per heavy atom. The van der Waals surface area contributed by atoms with E-state index in [1.54, 1.807) is 0 Å². The molecular formula is C18H16ClO3ReS2. The van der Waals surface area contributed by atoms with E-state index in [9.17, 15) is 0 Å². The molecule has 0 aliphatic rings. The van der Waals surface area contributed by atoms with Crippen LogP contribution in [-0.2, 0) is 32.6 Å². The smallest absolute Gasteiger partial charge is 0.00719 e. The predicted octanol–water partition coefficient (Wildman–Crippen LogP) is 4.46. The fourth-order valence-electron chi connectivity index (χ4n) is 1.47. The predicted molar refractivity (Wildman–Crippen MR) is 102 cm³/mol. The van der Waals surface area contributed by atoms with Gasteiger partial charge in [0.05, 0.1) is 0 Å². The number of rotatable bonds is 6. The Balaban J connectivity index is -0.000000533. The number of hydrogen-bond acceptors (Lipinski definition) is 5. The van der Waals surface area contributed by atoms with Crippen molar-refractivity contribution in [1.82, 2.24) is 0 Å². The largest absolute Gasteiger partial charge is 0.126 e. The third kappa shape index (κ3) is 19.3. The molecule has 2 aromatic carbocycles. The zero-order valence-electron chi connectivity index (χ0n) is 13.2. The van der Waals surface area contributed by atoms with Crippen molar-refractivity contribution in [2.24, 2.45) is 0 Å². The molecule has 0 spiro atoms. The first kappa shape index (κ1) is 28.9. The van der Waals surface area contributed by atoms with Gasteiger partial charge >= 0.3 is 27.7 Å². The van der Waals surface area contributed by atoms with Gasteiger partial charge in [0.2, 0.25) is 0 Å². The standard InChI is InChI=1S/C15H16S2.3CO.ClH.Re/c1-3-8-14(9-4-1)16-12-7-13-17-15-10-5-2-6-11-15;3*1-2;;/h1-6,8-11H,7,12-13H2;;;;1H;/q;;;;;+1/p-1. The molecule has 0 saturated carbocycles. The molecule has 0 aliphatic heterocycles. The monoisotopic (exact) mass is 566 g/mol. The van der Waals surface area contributed by atoms with Crippen molar-refractivity contribution in [3.63, 3.8) is 0 Å². The zero-order valence-corrected chi connectivity index (χ0v) is 18.3. The van der Waals surface area contributed by atoms with Crippen LogP contribution in [0.4, 0.5) is 0 Å². The van der Waals surface area contributed by atoms with Crippen LogP contribution in [0.25, 0.3) is 0 Å². The summed E-state index contributed by atoms with van der Waals surface area (Å²) in [7, 11) is 4.69. The Hall–Kier alpha value is -0.898.